The standard InChI is InChI=1S/C10H18N2O/c1-7-9(12-10(13)11-7)8-5-3-2-4-6-8/h7-9H,2-6H2,1H3,(H2,11,12,13). The van der Waals surface area contributed by atoms with E-state index in [1.54, 1.807) is 0 Å². The lowest BCUT2D eigenvalue weighted by Crippen LogP contribution is -2.39. The molecule has 1 saturated heterocycles. The van der Waals surface area contributed by atoms with Crippen LogP contribution in [0.4, 0.5) is 4.79 Å². The van der Waals surface area contributed by atoms with E-state index < -0.39 is 0 Å². The summed E-state index contributed by atoms with van der Waals surface area (Å²) in [6.07, 6.45) is 6.63. The largest absolute Gasteiger partial charge is 0.334 e. The van der Waals surface area contributed by atoms with Crippen LogP contribution in [-0.4, -0.2) is 18.1 Å². The lowest BCUT2D eigenvalue weighted by atomic mass is 9.82. The molecule has 0 bridgehead atoms. The van der Waals surface area contributed by atoms with Gasteiger partial charge in [-0.25, -0.2) is 4.79 Å². The van der Waals surface area contributed by atoms with Crippen molar-refractivity contribution in [2.75, 3.05) is 0 Å². The van der Waals surface area contributed by atoms with Crippen LogP contribution in [0.2, 0.25) is 0 Å². The first-order valence-electron chi connectivity index (χ1n) is 5.34. The molecule has 1 aliphatic heterocycles. The molecule has 0 spiro atoms. The van der Waals surface area contributed by atoms with Crippen molar-refractivity contribution in [2.45, 2.75) is 51.1 Å². The van der Waals surface area contributed by atoms with Gasteiger partial charge in [-0.2, -0.15) is 0 Å². The summed E-state index contributed by atoms with van der Waals surface area (Å²) in [5, 5.41) is 5.94. The van der Waals surface area contributed by atoms with E-state index in [0.717, 1.165) is 0 Å². The minimum Gasteiger partial charge on any atom is -0.334 e. The minimum atomic E-state index is 0.0167. The summed E-state index contributed by atoms with van der Waals surface area (Å²) in [7, 11) is 0. The van der Waals surface area contributed by atoms with E-state index >= 15 is 0 Å². The first-order chi connectivity index (χ1) is 6.27. The molecule has 0 aromatic heterocycles. The molecule has 74 valence electrons. The van der Waals surface area contributed by atoms with Crippen LogP contribution >= 0.6 is 0 Å². The third-order valence-corrected chi connectivity index (χ3v) is 3.35. The molecule has 2 aliphatic rings. The number of carbonyl (C=O) groups excluding carboxylic acids is 1. The van der Waals surface area contributed by atoms with Gasteiger partial charge in [-0.15, -0.1) is 0 Å². The van der Waals surface area contributed by atoms with E-state index in [4.69, 9.17) is 0 Å². The summed E-state index contributed by atoms with van der Waals surface area (Å²) in [4.78, 5) is 11.1. The first kappa shape index (κ1) is 8.85. The molecule has 1 heterocycles. The summed E-state index contributed by atoms with van der Waals surface area (Å²) in [6, 6.07) is 0.714. The average Bonchev–Trinajstić information content (AvgIpc) is 2.47. The highest BCUT2D eigenvalue weighted by atomic mass is 16.2. The van der Waals surface area contributed by atoms with Gasteiger partial charge >= 0.3 is 6.03 Å². The second-order valence-corrected chi connectivity index (χ2v) is 4.33. The van der Waals surface area contributed by atoms with Gasteiger partial charge in [-0.05, 0) is 25.7 Å². The number of rotatable bonds is 1. The summed E-state index contributed by atoms with van der Waals surface area (Å²) in [6.45, 7) is 2.09. The van der Waals surface area contributed by atoms with E-state index in [0.29, 0.717) is 18.0 Å². The van der Waals surface area contributed by atoms with Crippen molar-refractivity contribution < 1.29 is 4.79 Å². The van der Waals surface area contributed by atoms with Crippen LogP contribution in [0.5, 0.6) is 0 Å². The number of urea groups is 1. The Bertz CT molecular complexity index is 199. The van der Waals surface area contributed by atoms with Gasteiger partial charge < -0.3 is 10.6 Å². The number of hydrogen-bond acceptors (Lipinski definition) is 1. The highest BCUT2D eigenvalue weighted by Crippen LogP contribution is 2.28. The Kier molecular flexibility index (Phi) is 2.42. The average molecular weight is 182 g/mol. The number of amides is 2. The molecule has 2 amide bonds. The van der Waals surface area contributed by atoms with Crippen LogP contribution in [0.1, 0.15) is 39.0 Å². The number of hydrogen-bond donors (Lipinski definition) is 2. The molecule has 13 heavy (non-hydrogen) atoms. The number of carbonyl (C=O) groups is 1. The Morgan fingerprint density at radius 1 is 1.15 bits per heavy atom. The van der Waals surface area contributed by atoms with Crippen LogP contribution in [0.15, 0.2) is 0 Å². The number of nitrogens with one attached hydrogen (secondary N) is 2. The Labute approximate surface area is 79.3 Å². The van der Waals surface area contributed by atoms with Gasteiger partial charge in [0.05, 0.1) is 6.04 Å². The smallest absolute Gasteiger partial charge is 0.315 e. The molecule has 0 radical (unpaired) electrons. The fourth-order valence-corrected chi connectivity index (χ4v) is 2.63. The molecule has 2 rings (SSSR count). The van der Waals surface area contributed by atoms with Crippen molar-refractivity contribution in [3.8, 4) is 0 Å². The van der Waals surface area contributed by atoms with Gasteiger partial charge in [0, 0.05) is 6.04 Å². The van der Waals surface area contributed by atoms with E-state index in [1.807, 2.05) is 0 Å². The van der Waals surface area contributed by atoms with Gasteiger partial charge in [-0.1, -0.05) is 19.3 Å². The second kappa shape index (κ2) is 3.56. The lowest BCUT2D eigenvalue weighted by molar-refractivity contribution is 0.242. The van der Waals surface area contributed by atoms with Crippen LogP contribution in [0.25, 0.3) is 0 Å². The lowest BCUT2D eigenvalue weighted by Gasteiger charge is -2.28. The van der Waals surface area contributed by atoms with Gasteiger partial charge in [0.15, 0.2) is 0 Å². The van der Waals surface area contributed by atoms with Crippen molar-refractivity contribution in [3.63, 3.8) is 0 Å². The van der Waals surface area contributed by atoms with Crippen LogP contribution < -0.4 is 10.6 Å². The van der Waals surface area contributed by atoms with Gasteiger partial charge in [0.2, 0.25) is 0 Å². The third-order valence-electron chi connectivity index (χ3n) is 3.35. The zero-order valence-corrected chi connectivity index (χ0v) is 8.18. The summed E-state index contributed by atoms with van der Waals surface area (Å²) >= 11 is 0. The van der Waals surface area contributed by atoms with Gasteiger partial charge in [-0.3, -0.25) is 0 Å². The maximum Gasteiger partial charge on any atom is 0.315 e. The predicted octanol–water partition coefficient (Wildman–Crippen LogP) is 1.64. The maximum atomic E-state index is 11.1. The monoisotopic (exact) mass is 182 g/mol. The fraction of sp³-hybridized carbons (Fsp3) is 0.900. The Morgan fingerprint density at radius 2 is 1.85 bits per heavy atom. The Morgan fingerprint density at radius 3 is 2.38 bits per heavy atom. The normalized spacial score (nSPS) is 35.6. The van der Waals surface area contributed by atoms with Crippen molar-refractivity contribution in [1.82, 2.24) is 10.6 Å². The van der Waals surface area contributed by atoms with Crippen molar-refractivity contribution in [2.24, 2.45) is 5.92 Å². The molecular weight excluding hydrogens is 164 g/mol. The van der Waals surface area contributed by atoms with Crippen molar-refractivity contribution >= 4 is 6.03 Å². The van der Waals surface area contributed by atoms with E-state index in [2.05, 4.69) is 17.6 Å². The van der Waals surface area contributed by atoms with Crippen molar-refractivity contribution in [3.05, 3.63) is 0 Å². The highest BCUT2D eigenvalue weighted by molar-refractivity contribution is 5.77. The molecule has 2 atom stereocenters. The van der Waals surface area contributed by atoms with Crippen molar-refractivity contribution in [1.29, 1.82) is 0 Å². The molecule has 1 aliphatic carbocycles. The molecule has 2 unspecified atom stereocenters. The molecular formula is C10H18N2O. The summed E-state index contributed by atoms with van der Waals surface area (Å²) in [5.41, 5.74) is 0. The SMILES string of the molecule is CC1NC(=O)NC1C1CCCCC1. The molecule has 0 aromatic carbocycles. The summed E-state index contributed by atoms with van der Waals surface area (Å²) in [5.74, 6) is 0.711. The minimum absolute atomic E-state index is 0.0167. The van der Waals surface area contributed by atoms with Gasteiger partial charge in [0.25, 0.3) is 0 Å². The van der Waals surface area contributed by atoms with E-state index in [1.165, 1.54) is 32.1 Å². The Hall–Kier alpha value is -0.730. The molecule has 2 N–H and O–H groups in total. The fourth-order valence-electron chi connectivity index (χ4n) is 2.63. The molecule has 0 aromatic rings. The zero-order chi connectivity index (χ0) is 9.26. The van der Waals surface area contributed by atoms with Crippen LogP contribution in [0.3, 0.4) is 0 Å². The molecule has 3 heteroatoms. The molecule has 3 nitrogen and oxygen atoms in total. The quantitative estimate of drug-likeness (QED) is 0.636. The zero-order valence-electron chi connectivity index (χ0n) is 8.18. The molecule has 2 fully saturated rings. The molecule has 1 saturated carbocycles. The Balaban J connectivity index is 1.95. The van der Waals surface area contributed by atoms with Gasteiger partial charge in [0.1, 0.15) is 0 Å². The topological polar surface area (TPSA) is 41.1 Å². The predicted molar refractivity (Wildman–Crippen MR) is 51.5 cm³/mol. The third kappa shape index (κ3) is 1.79. The maximum absolute atomic E-state index is 11.1. The summed E-state index contributed by atoms with van der Waals surface area (Å²) < 4.78 is 0. The van der Waals surface area contributed by atoms with Crippen LogP contribution in [-0.2, 0) is 0 Å². The van der Waals surface area contributed by atoms with E-state index in [-0.39, 0.29) is 6.03 Å². The first-order valence-corrected chi connectivity index (χ1v) is 5.34. The van der Waals surface area contributed by atoms with E-state index in [9.17, 15) is 4.79 Å². The second-order valence-electron chi connectivity index (χ2n) is 4.33. The van der Waals surface area contributed by atoms with Crippen LogP contribution in [0, 0.1) is 5.92 Å². The highest BCUT2D eigenvalue weighted by Gasteiger charge is 2.34.